The molecule has 0 unspecified atom stereocenters. The Kier molecular flexibility index (Phi) is 2.19. The van der Waals surface area contributed by atoms with E-state index in [1.54, 1.807) is 11.3 Å². The fourth-order valence-corrected chi connectivity index (χ4v) is 2.51. The Morgan fingerprint density at radius 2 is 1.86 bits per heavy atom. The zero-order valence-electron chi connectivity index (χ0n) is 7.40. The molecule has 0 amide bonds. The van der Waals surface area contributed by atoms with Crippen LogP contribution in [0.25, 0.3) is 21.0 Å². The van der Waals surface area contributed by atoms with Crippen molar-refractivity contribution in [3.63, 3.8) is 0 Å². The lowest BCUT2D eigenvalue weighted by Crippen LogP contribution is -1.92. The van der Waals surface area contributed by atoms with E-state index in [1.165, 1.54) is 21.0 Å². The van der Waals surface area contributed by atoms with Crippen molar-refractivity contribution >= 4 is 32.3 Å². The van der Waals surface area contributed by atoms with Gasteiger partial charge >= 0.3 is 0 Å². The summed E-state index contributed by atoms with van der Waals surface area (Å²) in [6, 6.07) is 12.8. The third-order valence-electron chi connectivity index (χ3n) is 2.27. The van der Waals surface area contributed by atoms with Crippen LogP contribution < -0.4 is 4.98 Å². The molecule has 2 nitrogen and oxygen atoms in total. The molecule has 0 atom stereocenters. The SMILES string of the molecule is [OH-].c1ccc2c(c1)ccc1[nH+]csc12. The van der Waals surface area contributed by atoms with Crippen LogP contribution in [0, 0.1) is 0 Å². The lowest BCUT2D eigenvalue weighted by molar-refractivity contribution is -0.337. The lowest BCUT2D eigenvalue weighted by atomic mass is 10.1. The van der Waals surface area contributed by atoms with Gasteiger partial charge in [-0.3, -0.25) is 0 Å². The van der Waals surface area contributed by atoms with Gasteiger partial charge in [-0.05, 0) is 11.5 Å². The van der Waals surface area contributed by atoms with Gasteiger partial charge in [-0.25, -0.2) is 4.98 Å². The van der Waals surface area contributed by atoms with Crippen molar-refractivity contribution in [1.29, 1.82) is 0 Å². The van der Waals surface area contributed by atoms with Crippen molar-refractivity contribution in [2.75, 3.05) is 0 Å². The van der Waals surface area contributed by atoms with E-state index in [1.807, 2.05) is 5.51 Å². The van der Waals surface area contributed by atoms with E-state index in [2.05, 4.69) is 41.4 Å². The van der Waals surface area contributed by atoms with Gasteiger partial charge in [-0.2, -0.15) is 0 Å². The molecule has 14 heavy (non-hydrogen) atoms. The zero-order chi connectivity index (χ0) is 8.67. The molecule has 0 aliphatic heterocycles. The molecule has 2 aromatic carbocycles. The molecule has 3 aromatic rings. The monoisotopic (exact) mass is 203 g/mol. The second-order valence-electron chi connectivity index (χ2n) is 3.04. The number of benzene rings is 2. The molecule has 3 heteroatoms. The van der Waals surface area contributed by atoms with Gasteiger partial charge in [0.1, 0.15) is 4.70 Å². The number of thiazole rings is 1. The number of aromatic nitrogens is 1. The first kappa shape index (κ1) is 9.12. The summed E-state index contributed by atoms with van der Waals surface area (Å²) in [6.07, 6.45) is 0. The Hall–Kier alpha value is -1.45. The molecule has 0 saturated carbocycles. The number of H-pyrrole nitrogens is 1. The number of hydrogen-bond donors (Lipinski definition) is 0. The van der Waals surface area contributed by atoms with E-state index < -0.39 is 0 Å². The summed E-state index contributed by atoms with van der Waals surface area (Å²) in [7, 11) is 0. The van der Waals surface area contributed by atoms with Gasteiger partial charge < -0.3 is 5.48 Å². The van der Waals surface area contributed by atoms with Crippen molar-refractivity contribution in [1.82, 2.24) is 0 Å². The highest BCUT2D eigenvalue weighted by atomic mass is 32.1. The molecule has 1 aromatic heterocycles. The second-order valence-corrected chi connectivity index (χ2v) is 3.92. The molecular weight excluding hydrogens is 194 g/mol. The number of nitrogens with one attached hydrogen (secondary N) is 1. The van der Waals surface area contributed by atoms with E-state index in [0.29, 0.717) is 0 Å². The third-order valence-corrected chi connectivity index (χ3v) is 3.18. The van der Waals surface area contributed by atoms with Crippen molar-refractivity contribution in [2.24, 2.45) is 0 Å². The van der Waals surface area contributed by atoms with Gasteiger partial charge in [0, 0.05) is 11.5 Å². The molecule has 3 rings (SSSR count). The summed E-state index contributed by atoms with van der Waals surface area (Å²) in [6.45, 7) is 0. The molecule has 0 aliphatic rings. The van der Waals surface area contributed by atoms with Gasteiger partial charge in [-0.1, -0.05) is 35.6 Å². The first-order valence-electron chi connectivity index (χ1n) is 4.22. The first-order valence-corrected chi connectivity index (χ1v) is 5.10. The summed E-state index contributed by atoms with van der Waals surface area (Å²) in [4.78, 5) is 3.23. The molecule has 0 radical (unpaired) electrons. The smallest absolute Gasteiger partial charge is 0.224 e. The van der Waals surface area contributed by atoms with Crippen LogP contribution in [0.3, 0.4) is 0 Å². The van der Waals surface area contributed by atoms with Crippen LogP contribution in [0.5, 0.6) is 0 Å². The van der Waals surface area contributed by atoms with Crippen molar-refractivity contribution < 1.29 is 10.5 Å². The maximum atomic E-state index is 3.23. The van der Waals surface area contributed by atoms with Crippen LogP contribution in [-0.4, -0.2) is 5.48 Å². The Balaban J connectivity index is 0.000000750. The minimum Gasteiger partial charge on any atom is -0.870 e. The highest BCUT2D eigenvalue weighted by Crippen LogP contribution is 2.25. The van der Waals surface area contributed by atoms with E-state index >= 15 is 0 Å². The fourth-order valence-electron chi connectivity index (χ4n) is 1.64. The largest absolute Gasteiger partial charge is 0.870 e. The number of rotatable bonds is 0. The number of hydrogen-bond acceptors (Lipinski definition) is 2. The molecule has 0 spiro atoms. The molecule has 70 valence electrons. The highest BCUT2D eigenvalue weighted by Gasteiger charge is 2.05. The maximum absolute atomic E-state index is 3.23. The van der Waals surface area contributed by atoms with Crippen LogP contribution in [-0.2, 0) is 0 Å². The van der Waals surface area contributed by atoms with Gasteiger partial charge in [0.25, 0.3) is 0 Å². The Bertz CT molecular complexity index is 573. The van der Waals surface area contributed by atoms with E-state index in [-0.39, 0.29) is 5.48 Å². The summed E-state index contributed by atoms with van der Waals surface area (Å²) in [5, 5.41) is 2.65. The third kappa shape index (κ3) is 1.18. The minimum absolute atomic E-state index is 0. The van der Waals surface area contributed by atoms with Gasteiger partial charge in [0.15, 0.2) is 0 Å². The predicted molar refractivity (Wildman–Crippen MR) is 57.8 cm³/mol. The lowest BCUT2D eigenvalue weighted by Gasteiger charge is -1.94. The molecule has 2 N–H and O–H groups in total. The zero-order valence-corrected chi connectivity index (χ0v) is 8.21. The van der Waals surface area contributed by atoms with Crippen LogP contribution >= 0.6 is 11.3 Å². The predicted octanol–water partition coefficient (Wildman–Crippen LogP) is 2.69. The normalized spacial score (nSPS) is 10.3. The van der Waals surface area contributed by atoms with Gasteiger partial charge in [0.2, 0.25) is 11.0 Å². The second kappa shape index (κ2) is 3.36. The Labute approximate surface area is 85.1 Å². The fraction of sp³-hybridized carbons (Fsp3) is 0. The van der Waals surface area contributed by atoms with Crippen LogP contribution in [0.1, 0.15) is 0 Å². The Morgan fingerprint density at radius 3 is 2.79 bits per heavy atom. The van der Waals surface area contributed by atoms with E-state index in [4.69, 9.17) is 0 Å². The summed E-state index contributed by atoms with van der Waals surface area (Å²) in [5.74, 6) is 0. The highest BCUT2D eigenvalue weighted by molar-refractivity contribution is 7.17. The molecule has 0 bridgehead atoms. The summed E-state index contributed by atoms with van der Waals surface area (Å²) < 4.78 is 1.35. The average Bonchev–Trinajstić information content (AvgIpc) is 2.65. The first-order chi connectivity index (χ1) is 6.45. The summed E-state index contributed by atoms with van der Waals surface area (Å²) >= 11 is 1.76. The Morgan fingerprint density at radius 1 is 1.00 bits per heavy atom. The van der Waals surface area contributed by atoms with Crippen molar-refractivity contribution in [3.05, 3.63) is 41.9 Å². The summed E-state index contributed by atoms with van der Waals surface area (Å²) in [5.41, 5.74) is 3.25. The molecule has 1 heterocycles. The number of aromatic amines is 1. The standard InChI is InChI=1S/C11H7NS.H2O/c1-2-4-9-8(3-1)5-6-10-11(9)13-7-12-10;/h1-7H;1H2. The van der Waals surface area contributed by atoms with Crippen LogP contribution in [0.4, 0.5) is 0 Å². The van der Waals surface area contributed by atoms with Gasteiger partial charge in [0.05, 0.1) is 0 Å². The molecule has 0 saturated heterocycles. The topological polar surface area (TPSA) is 44.1 Å². The van der Waals surface area contributed by atoms with E-state index in [9.17, 15) is 0 Å². The average molecular weight is 203 g/mol. The van der Waals surface area contributed by atoms with Crippen LogP contribution in [0.2, 0.25) is 0 Å². The minimum atomic E-state index is 0. The molecular formula is C11H9NOS. The van der Waals surface area contributed by atoms with Gasteiger partial charge in [-0.15, -0.1) is 0 Å². The van der Waals surface area contributed by atoms with Crippen LogP contribution in [0.15, 0.2) is 41.9 Å². The quantitative estimate of drug-likeness (QED) is 0.554. The van der Waals surface area contributed by atoms with Crippen molar-refractivity contribution in [2.45, 2.75) is 0 Å². The maximum Gasteiger partial charge on any atom is 0.224 e. The van der Waals surface area contributed by atoms with E-state index in [0.717, 1.165) is 0 Å². The molecule has 0 aliphatic carbocycles. The van der Waals surface area contributed by atoms with Crippen molar-refractivity contribution in [3.8, 4) is 0 Å². The molecule has 0 fully saturated rings. The number of fused-ring (bicyclic) bond motifs is 3.